The molecule has 5 rings (SSSR count). The van der Waals surface area contributed by atoms with E-state index in [9.17, 15) is 9.59 Å². The van der Waals surface area contributed by atoms with E-state index >= 15 is 0 Å². The highest BCUT2D eigenvalue weighted by molar-refractivity contribution is 7.18. The lowest BCUT2D eigenvalue weighted by molar-refractivity contribution is 0.392. The first kappa shape index (κ1) is 21.5. The molecule has 2 aromatic heterocycles. The first-order valence-electron chi connectivity index (χ1n) is 11.0. The third-order valence-corrected chi connectivity index (χ3v) is 7.76. The number of thiophene rings is 1. The van der Waals surface area contributed by atoms with Gasteiger partial charge in [-0.1, -0.05) is 23.8 Å². The number of aromatic nitrogens is 2. The molecule has 33 heavy (non-hydrogen) atoms. The highest BCUT2D eigenvalue weighted by atomic mass is 32.1. The standard InChI is InChI=1S/C26H26N2O4S/c1-15-8-9-17(16(2)12-15)14-27-25-23(19-6-5-7-22(19)33-25)24(29)28(26(27)30)20-11-10-18(31-3)13-21(20)32-4/h8-13H,5-7,14H2,1-4H3. The Hall–Kier alpha value is -3.32. The maximum atomic E-state index is 13.9. The SMILES string of the molecule is COc1ccc(-n2c(=O)c3c4c(sc3n(Cc3ccc(C)cc3C)c2=O)CCC4)c(OC)c1. The van der Waals surface area contributed by atoms with Gasteiger partial charge in [-0.25, -0.2) is 9.36 Å². The van der Waals surface area contributed by atoms with Crippen LogP contribution in [0.3, 0.4) is 0 Å². The number of benzene rings is 2. The second kappa shape index (κ2) is 8.23. The number of methoxy groups -OCH3 is 2. The van der Waals surface area contributed by atoms with Crippen LogP contribution in [0.25, 0.3) is 15.9 Å². The molecular formula is C26H26N2O4S. The number of aryl methyl sites for hydroxylation is 4. The molecule has 1 aliphatic rings. The predicted molar refractivity (Wildman–Crippen MR) is 132 cm³/mol. The second-order valence-electron chi connectivity index (χ2n) is 8.51. The van der Waals surface area contributed by atoms with E-state index in [4.69, 9.17) is 9.47 Å². The van der Waals surface area contributed by atoms with Crippen LogP contribution in [0.1, 0.15) is 33.6 Å². The predicted octanol–water partition coefficient (Wildman–Crippen LogP) is 4.38. The Bertz CT molecular complexity index is 1510. The molecule has 0 atom stereocenters. The van der Waals surface area contributed by atoms with Crippen molar-refractivity contribution in [2.24, 2.45) is 0 Å². The van der Waals surface area contributed by atoms with Gasteiger partial charge in [0.15, 0.2) is 0 Å². The van der Waals surface area contributed by atoms with Gasteiger partial charge in [0.2, 0.25) is 0 Å². The third kappa shape index (κ3) is 3.47. The van der Waals surface area contributed by atoms with Crippen LogP contribution in [-0.2, 0) is 19.4 Å². The van der Waals surface area contributed by atoms with E-state index in [-0.39, 0.29) is 11.2 Å². The Balaban J connectivity index is 1.83. The van der Waals surface area contributed by atoms with Gasteiger partial charge in [0.25, 0.3) is 5.56 Å². The first-order valence-corrected chi connectivity index (χ1v) is 11.8. The van der Waals surface area contributed by atoms with Crippen molar-refractivity contribution in [3.8, 4) is 17.2 Å². The van der Waals surface area contributed by atoms with E-state index in [1.165, 1.54) is 22.1 Å². The van der Waals surface area contributed by atoms with Gasteiger partial charge in [0, 0.05) is 10.9 Å². The largest absolute Gasteiger partial charge is 0.497 e. The number of hydrogen-bond acceptors (Lipinski definition) is 5. The smallest absolute Gasteiger partial charge is 0.337 e. The Morgan fingerprint density at radius 1 is 1.00 bits per heavy atom. The van der Waals surface area contributed by atoms with Gasteiger partial charge in [0.05, 0.1) is 31.8 Å². The Labute approximate surface area is 195 Å². The molecule has 0 amide bonds. The zero-order chi connectivity index (χ0) is 23.3. The van der Waals surface area contributed by atoms with Crippen molar-refractivity contribution in [3.05, 3.63) is 84.4 Å². The van der Waals surface area contributed by atoms with Crippen LogP contribution in [0.4, 0.5) is 0 Å². The molecule has 0 spiro atoms. The maximum Gasteiger partial charge on any atom is 0.337 e. The van der Waals surface area contributed by atoms with Crippen LogP contribution in [0.5, 0.6) is 11.5 Å². The van der Waals surface area contributed by atoms with Gasteiger partial charge in [-0.3, -0.25) is 9.36 Å². The summed E-state index contributed by atoms with van der Waals surface area (Å²) < 4.78 is 13.9. The molecule has 2 heterocycles. The van der Waals surface area contributed by atoms with Crippen molar-refractivity contribution in [1.82, 2.24) is 9.13 Å². The van der Waals surface area contributed by atoms with Crippen molar-refractivity contribution >= 4 is 21.6 Å². The molecule has 6 nitrogen and oxygen atoms in total. The lowest BCUT2D eigenvalue weighted by Gasteiger charge is -2.16. The number of rotatable bonds is 5. The zero-order valence-corrected chi connectivity index (χ0v) is 20.0. The number of hydrogen-bond donors (Lipinski definition) is 0. The van der Waals surface area contributed by atoms with Gasteiger partial charge >= 0.3 is 5.69 Å². The summed E-state index contributed by atoms with van der Waals surface area (Å²) in [6, 6.07) is 11.4. The Kier molecular flexibility index (Phi) is 5.37. The van der Waals surface area contributed by atoms with Gasteiger partial charge in [-0.2, -0.15) is 0 Å². The summed E-state index contributed by atoms with van der Waals surface area (Å²) in [5.41, 5.74) is 4.23. The number of ether oxygens (including phenoxy) is 2. The van der Waals surface area contributed by atoms with E-state index in [0.29, 0.717) is 29.1 Å². The van der Waals surface area contributed by atoms with Crippen LogP contribution >= 0.6 is 11.3 Å². The van der Waals surface area contributed by atoms with E-state index in [0.717, 1.165) is 40.8 Å². The van der Waals surface area contributed by atoms with Crippen molar-refractivity contribution in [2.75, 3.05) is 14.2 Å². The molecule has 4 aromatic rings. The highest BCUT2D eigenvalue weighted by Crippen LogP contribution is 2.36. The van der Waals surface area contributed by atoms with Crippen LogP contribution < -0.4 is 20.7 Å². The monoisotopic (exact) mass is 462 g/mol. The molecule has 2 aromatic carbocycles. The summed E-state index contributed by atoms with van der Waals surface area (Å²) >= 11 is 1.59. The minimum absolute atomic E-state index is 0.283. The lowest BCUT2D eigenvalue weighted by Crippen LogP contribution is -2.39. The molecule has 0 aliphatic heterocycles. The number of nitrogens with zero attached hydrogens (tertiary/aromatic N) is 2. The molecule has 0 fully saturated rings. The van der Waals surface area contributed by atoms with Gasteiger partial charge in [-0.15, -0.1) is 11.3 Å². The minimum Gasteiger partial charge on any atom is -0.497 e. The van der Waals surface area contributed by atoms with Crippen LogP contribution in [-0.4, -0.2) is 23.4 Å². The maximum absolute atomic E-state index is 13.9. The summed E-state index contributed by atoms with van der Waals surface area (Å²) in [5.74, 6) is 1.01. The summed E-state index contributed by atoms with van der Waals surface area (Å²) in [7, 11) is 3.09. The topological polar surface area (TPSA) is 62.5 Å². The molecule has 1 aliphatic carbocycles. The zero-order valence-electron chi connectivity index (χ0n) is 19.2. The van der Waals surface area contributed by atoms with Crippen molar-refractivity contribution in [2.45, 2.75) is 39.7 Å². The van der Waals surface area contributed by atoms with Gasteiger partial charge in [0.1, 0.15) is 16.3 Å². The van der Waals surface area contributed by atoms with E-state index < -0.39 is 0 Å². The van der Waals surface area contributed by atoms with Crippen LogP contribution in [0.2, 0.25) is 0 Å². The fraction of sp³-hybridized carbons (Fsp3) is 0.308. The summed E-state index contributed by atoms with van der Waals surface area (Å²) in [6.45, 7) is 4.52. The normalized spacial score (nSPS) is 12.8. The van der Waals surface area contributed by atoms with E-state index in [2.05, 4.69) is 32.0 Å². The molecule has 7 heteroatoms. The molecule has 0 saturated carbocycles. The van der Waals surface area contributed by atoms with Crippen molar-refractivity contribution < 1.29 is 9.47 Å². The number of fused-ring (bicyclic) bond motifs is 3. The molecule has 0 saturated heterocycles. The van der Waals surface area contributed by atoms with Crippen LogP contribution in [0.15, 0.2) is 46.0 Å². The minimum atomic E-state index is -0.365. The van der Waals surface area contributed by atoms with E-state index in [1.54, 1.807) is 41.2 Å². The van der Waals surface area contributed by atoms with Crippen molar-refractivity contribution in [1.29, 1.82) is 0 Å². The lowest BCUT2D eigenvalue weighted by atomic mass is 10.1. The molecule has 0 bridgehead atoms. The average Bonchev–Trinajstić information content (AvgIpc) is 3.39. The summed E-state index contributed by atoms with van der Waals surface area (Å²) in [6.07, 6.45) is 2.86. The molecular weight excluding hydrogens is 436 g/mol. The second-order valence-corrected chi connectivity index (χ2v) is 9.60. The fourth-order valence-corrected chi connectivity index (χ4v) is 6.09. The van der Waals surface area contributed by atoms with E-state index in [1.807, 2.05) is 0 Å². The molecule has 0 unspecified atom stereocenters. The Morgan fingerprint density at radius 3 is 2.55 bits per heavy atom. The Morgan fingerprint density at radius 2 is 1.82 bits per heavy atom. The third-order valence-electron chi connectivity index (χ3n) is 6.44. The quantitative estimate of drug-likeness (QED) is 0.442. The fourth-order valence-electron chi connectivity index (χ4n) is 4.72. The van der Waals surface area contributed by atoms with Crippen molar-refractivity contribution in [3.63, 3.8) is 0 Å². The summed E-state index contributed by atoms with van der Waals surface area (Å²) in [4.78, 5) is 29.6. The molecule has 0 radical (unpaired) electrons. The van der Waals surface area contributed by atoms with Crippen LogP contribution in [0, 0.1) is 13.8 Å². The van der Waals surface area contributed by atoms with Gasteiger partial charge < -0.3 is 9.47 Å². The van der Waals surface area contributed by atoms with Gasteiger partial charge in [-0.05, 0) is 61.9 Å². The summed E-state index contributed by atoms with van der Waals surface area (Å²) in [5, 5.41) is 0.662. The molecule has 0 N–H and O–H groups in total. The molecule has 170 valence electrons. The average molecular weight is 463 g/mol. The first-order chi connectivity index (χ1) is 15.9. The highest BCUT2D eigenvalue weighted by Gasteiger charge is 2.26.